The van der Waals surface area contributed by atoms with E-state index in [-0.39, 0.29) is 23.2 Å². The topological polar surface area (TPSA) is 120 Å². The van der Waals surface area contributed by atoms with Crippen LogP contribution in [0, 0.1) is 5.41 Å². The molecule has 0 saturated carbocycles. The minimum absolute atomic E-state index is 0.0318. The SMILES string of the molecule is C[C@H](c1nc(NC2CCOCC2)c(C=N)c(=O)[nH]1)N1CC(c2cnccn2)C1. The fraction of sp³-hybridized carbons (Fsp3) is 0.526. The van der Waals surface area contributed by atoms with E-state index in [2.05, 4.69) is 30.2 Å². The summed E-state index contributed by atoms with van der Waals surface area (Å²) in [5.74, 6) is 1.45. The van der Waals surface area contributed by atoms with Gasteiger partial charge in [-0.2, -0.15) is 0 Å². The fourth-order valence-corrected chi connectivity index (χ4v) is 3.69. The van der Waals surface area contributed by atoms with Gasteiger partial charge in [0.2, 0.25) is 0 Å². The average Bonchev–Trinajstić information content (AvgIpc) is 2.68. The van der Waals surface area contributed by atoms with Crippen molar-refractivity contribution in [2.75, 3.05) is 31.6 Å². The zero-order valence-electron chi connectivity index (χ0n) is 15.9. The molecular formula is C19H25N7O2. The summed E-state index contributed by atoms with van der Waals surface area (Å²) in [5.41, 5.74) is 0.976. The Bertz CT molecular complexity index is 874. The summed E-state index contributed by atoms with van der Waals surface area (Å²) in [6.45, 7) is 5.12. The van der Waals surface area contributed by atoms with E-state index in [9.17, 15) is 4.79 Å². The minimum Gasteiger partial charge on any atom is -0.381 e. The third-order valence-corrected chi connectivity index (χ3v) is 5.53. The number of hydrogen-bond donors (Lipinski definition) is 3. The van der Waals surface area contributed by atoms with Gasteiger partial charge in [-0.3, -0.25) is 19.7 Å². The maximum absolute atomic E-state index is 12.5. The summed E-state index contributed by atoms with van der Waals surface area (Å²) < 4.78 is 5.39. The van der Waals surface area contributed by atoms with Gasteiger partial charge in [-0.15, -0.1) is 0 Å². The molecule has 2 aromatic rings. The predicted molar refractivity (Wildman–Crippen MR) is 105 cm³/mol. The van der Waals surface area contributed by atoms with Crippen molar-refractivity contribution in [1.82, 2.24) is 24.8 Å². The lowest BCUT2D eigenvalue weighted by molar-refractivity contribution is 0.0900. The number of nitrogens with one attached hydrogen (secondary N) is 3. The van der Waals surface area contributed by atoms with Gasteiger partial charge >= 0.3 is 0 Å². The average molecular weight is 383 g/mol. The zero-order chi connectivity index (χ0) is 19.5. The largest absolute Gasteiger partial charge is 0.381 e. The van der Waals surface area contributed by atoms with Crippen LogP contribution >= 0.6 is 0 Å². The van der Waals surface area contributed by atoms with Crippen molar-refractivity contribution < 1.29 is 4.74 Å². The molecule has 0 aromatic carbocycles. The Kier molecular flexibility index (Phi) is 5.45. The van der Waals surface area contributed by atoms with Gasteiger partial charge in [0.15, 0.2) is 0 Å². The smallest absolute Gasteiger partial charge is 0.261 e. The third-order valence-electron chi connectivity index (χ3n) is 5.53. The standard InChI is InChI=1S/C19H25N7O2/c1-12(26-10-13(11-26)16-9-21-4-5-22-16)17-24-18(15(8-20)19(27)25-17)23-14-2-6-28-7-3-14/h4-5,8-9,12-14,20H,2-3,6-7,10-11H2,1H3,(H2,23,24,25,27)/t12-/m1/s1. The molecule has 3 N–H and O–H groups in total. The van der Waals surface area contributed by atoms with E-state index < -0.39 is 0 Å². The Hall–Kier alpha value is -2.65. The highest BCUT2D eigenvalue weighted by atomic mass is 16.5. The minimum atomic E-state index is -0.285. The van der Waals surface area contributed by atoms with E-state index in [4.69, 9.17) is 10.1 Å². The van der Waals surface area contributed by atoms with Crippen molar-refractivity contribution in [2.45, 2.75) is 37.8 Å². The van der Waals surface area contributed by atoms with Gasteiger partial charge < -0.3 is 20.4 Å². The Morgan fingerprint density at radius 2 is 2.14 bits per heavy atom. The summed E-state index contributed by atoms with van der Waals surface area (Å²) in [5, 5.41) is 10.9. The lowest BCUT2D eigenvalue weighted by atomic mass is 9.94. The van der Waals surface area contributed by atoms with E-state index in [0.29, 0.717) is 30.8 Å². The first-order valence-electron chi connectivity index (χ1n) is 9.64. The van der Waals surface area contributed by atoms with E-state index in [0.717, 1.165) is 37.8 Å². The first-order valence-corrected chi connectivity index (χ1v) is 9.64. The molecule has 2 aliphatic rings. The molecule has 2 aliphatic heterocycles. The van der Waals surface area contributed by atoms with E-state index >= 15 is 0 Å². The van der Waals surface area contributed by atoms with E-state index in [1.807, 2.05) is 13.1 Å². The Morgan fingerprint density at radius 3 is 2.82 bits per heavy atom. The molecule has 9 heteroatoms. The molecule has 4 heterocycles. The molecule has 0 aliphatic carbocycles. The number of H-pyrrole nitrogens is 1. The number of anilines is 1. The normalized spacial score (nSPS) is 19.8. The number of aromatic amines is 1. The van der Waals surface area contributed by atoms with Crippen molar-refractivity contribution in [2.24, 2.45) is 0 Å². The first kappa shape index (κ1) is 18.7. The highest BCUT2D eigenvalue weighted by Gasteiger charge is 2.34. The molecule has 0 spiro atoms. The second-order valence-corrected chi connectivity index (χ2v) is 7.35. The van der Waals surface area contributed by atoms with Crippen LogP contribution in [0.25, 0.3) is 0 Å². The van der Waals surface area contributed by atoms with Crippen LogP contribution in [0.4, 0.5) is 5.82 Å². The molecule has 0 radical (unpaired) electrons. The summed E-state index contributed by atoms with van der Waals surface area (Å²) in [6, 6.07) is 0.172. The summed E-state index contributed by atoms with van der Waals surface area (Å²) in [7, 11) is 0. The van der Waals surface area contributed by atoms with Crippen LogP contribution < -0.4 is 10.9 Å². The van der Waals surface area contributed by atoms with Gasteiger partial charge in [-0.25, -0.2) is 4.98 Å². The summed E-state index contributed by atoms with van der Waals surface area (Å²) >= 11 is 0. The quantitative estimate of drug-likeness (QED) is 0.643. The molecule has 4 rings (SSSR count). The number of hydrogen-bond acceptors (Lipinski definition) is 8. The van der Waals surface area contributed by atoms with Gasteiger partial charge in [-0.1, -0.05) is 0 Å². The molecule has 0 bridgehead atoms. The van der Waals surface area contributed by atoms with Gasteiger partial charge in [0.25, 0.3) is 5.56 Å². The van der Waals surface area contributed by atoms with Gasteiger partial charge in [0, 0.05) is 63.1 Å². The third kappa shape index (κ3) is 3.81. The van der Waals surface area contributed by atoms with Crippen molar-refractivity contribution >= 4 is 12.0 Å². The molecule has 0 amide bonds. The van der Waals surface area contributed by atoms with Gasteiger partial charge in [0.05, 0.1) is 17.3 Å². The number of ether oxygens (including phenoxy) is 1. The second-order valence-electron chi connectivity index (χ2n) is 7.35. The summed E-state index contributed by atoms with van der Waals surface area (Å²) in [6.07, 6.45) is 7.99. The second kappa shape index (κ2) is 8.15. The molecule has 2 saturated heterocycles. The molecule has 1 atom stereocenters. The molecule has 0 unspecified atom stereocenters. The van der Waals surface area contributed by atoms with Crippen molar-refractivity contribution in [3.63, 3.8) is 0 Å². The molecule has 2 fully saturated rings. The fourth-order valence-electron chi connectivity index (χ4n) is 3.69. The number of rotatable bonds is 6. The number of aromatic nitrogens is 4. The van der Waals surface area contributed by atoms with Crippen LogP contribution in [0.3, 0.4) is 0 Å². The van der Waals surface area contributed by atoms with Crippen molar-refractivity contribution in [1.29, 1.82) is 5.41 Å². The Balaban J connectivity index is 1.49. The van der Waals surface area contributed by atoms with Crippen molar-refractivity contribution in [3.8, 4) is 0 Å². The highest BCUT2D eigenvalue weighted by molar-refractivity contribution is 5.83. The predicted octanol–water partition coefficient (Wildman–Crippen LogP) is 1.31. The molecule has 28 heavy (non-hydrogen) atoms. The summed E-state index contributed by atoms with van der Waals surface area (Å²) in [4.78, 5) is 30.8. The maximum atomic E-state index is 12.5. The zero-order valence-corrected chi connectivity index (χ0v) is 15.9. The van der Waals surface area contributed by atoms with Gasteiger partial charge in [0.1, 0.15) is 11.6 Å². The Morgan fingerprint density at radius 1 is 1.36 bits per heavy atom. The van der Waals surface area contributed by atoms with Crippen LogP contribution in [-0.2, 0) is 4.74 Å². The van der Waals surface area contributed by atoms with Crippen LogP contribution in [-0.4, -0.2) is 63.4 Å². The van der Waals surface area contributed by atoms with Gasteiger partial charge in [-0.05, 0) is 19.8 Å². The van der Waals surface area contributed by atoms with Crippen LogP contribution in [0.5, 0.6) is 0 Å². The number of nitrogens with zero attached hydrogens (tertiary/aromatic N) is 4. The van der Waals surface area contributed by atoms with Crippen LogP contribution in [0.2, 0.25) is 0 Å². The lowest BCUT2D eigenvalue weighted by Crippen LogP contribution is -2.47. The molecular weight excluding hydrogens is 358 g/mol. The molecule has 148 valence electrons. The molecule has 2 aromatic heterocycles. The Labute approximate surface area is 163 Å². The van der Waals surface area contributed by atoms with Crippen LogP contribution in [0.15, 0.2) is 23.4 Å². The molecule has 9 nitrogen and oxygen atoms in total. The maximum Gasteiger partial charge on any atom is 0.261 e. The number of likely N-dealkylation sites (tertiary alicyclic amines) is 1. The first-order chi connectivity index (χ1) is 13.7. The van der Waals surface area contributed by atoms with E-state index in [1.54, 1.807) is 12.4 Å². The van der Waals surface area contributed by atoms with Crippen LogP contribution in [0.1, 0.15) is 48.8 Å². The van der Waals surface area contributed by atoms with Crippen molar-refractivity contribution in [3.05, 3.63) is 46.0 Å². The van der Waals surface area contributed by atoms with E-state index in [1.165, 1.54) is 0 Å². The highest BCUT2D eigenvalue weighted by Crippen LogP contribution is 2.32. The lowest BCUT2D eigenvalue weighted by Gasteiger charge is -2.42. The monoisotopic (exact) mass is 383 g/mol.